The molecule has 19 heavy (non-hydrogen) atoms. The lowest BCUT2D eigenvalue weighted by molar-refractivity contribution is 0.0696. The molecule has 0 saturated heterocycles. The van der Waals surface area contributed by atoms with E-state index in [0.29, 0.717) is 10.6 Å². The van der Waals surface area contributed by atoms with Crippen molar-refractivity contribution in [2.45, 2.75) is 29.6 Å². The minimum absolute atomic E-state index is 0.116. The Kier molecular flexibility index (Phi) is 5.21. The lowest BCUT2D eigenvalue weighted by atomic mass is 10.2. The Morgan fingerprint density at radius 3 is 2.53 bits per heavy atom. The van der Waals surface area contributed by atoms with Gasteiger partial charge in [0.15, 0.2) is 0 Å². The van der Waals surface area contributed by atoms with E-state index in [2.05, 4.69) is 0 Å². The maximum atomic E-state index is 11.5. The van der Waals surface area contributed by atoms with Gasteiger partial charge < -0.3 is 10.8 Å². The van der Waals surface area contributed by atoms with Crippen molar-refractivity contribution >= 4 is 33.4 Å². The van der Waals surface area contributed by atoms with Crippen LogP contribution in [-0.2, 0) is 10.0 Å². The van der Waals surface area contributed by atoms with Gasteiger partial charge in [0.1, 0.15) is 0 Å². The number of sulfonamides is 1. The fraction of sp³-hybridized carbons (Fsp3) is 0.364. The second kappa shape index (κ2) is 6.27. The van der Waals surface area contributed by atoms with Gasteiger partial charge >= 0.3 is 5.97 Å². The highest BCUT2D eigenvalue weighted by Crippen LogP contribution is 2.33. The normalized spacial score (nSPS) is 11.5. The number of carboxylic acids is 1. The van der Waals surface area contributed by atoms with E-state index in [4.69, 9.17) is 16.0 Å². The summed E-state index contributed by atoms with van der Waals surface area (Å²) in [5, 5.41) is 14.0. The molecule has 106 valence electrons. The fourth-order valence-electron chi connectivity index (χ4n) is 1.43. The van der Waals surface area contributed by atoms with Gasteiger partial charge in [0.05, 0.1) is 15.4 Å². The lowest BCUT2D eigenvalue weighted by Gasteiger charge is -2.11. The van der Waals surface area contributed by atoms with Gasteiger partial charge in [0.25, 0.3) is 0 Å². The van der Waals surface area contributed by atoms with E-state index < -0.39 is 16.0 Å². The van der Waals surface area contributed by atoms with Gasteiger partial charge in [-0.1, -0.05) is 13.3 Å². The predicted molar refractivity (Wildman–Crippen MR) is 74.8 cm³/mol. The number of rotatable bonds is 6. The van der Waals surface area contributed by atoms with Crippen molar-refractivity contribution in [1.29, 1.82) is 0 Å². The number of primary sulfonamides is 1. The number of aromatic carboxylic acids is 1. The van der Waals surface area contributed by atoms with Gasteiger partial charge in [0, 0.05) is 5.69 Å². The first-order chi connectivity index (χ1) is 8.77. The van der Waals surface area contributed by atoms with E-state index in [1.54, 1.807) is 0 Å². The lowest BCUT2D eigenvalue weighted by Crippen LogP contribution is -2.15. The number of thioether (sulfide) groups is 1. The number of nitrogens with two attached hydrogens (primary N) is 2. The maximum Gasteiger partial charge on any atom is 0.335 e. The summed E-state index contributed by atoms with van der Waals surface area (Å²) < 4.78 is 23.1. The van der Waals surface area contributed by atoms with Gasteiger partial charge in [-0.15, -0.1) is 11.8 Å². The first-order valence-corrected chi connectivity index (χ1v) is 8.13. The molecule has 0 spiro atoms. The van der Waals surface area contributed by atoms with Gasteiger partial charge in [-0.25, -0.2) is 18.4 Å². The monoisotopic (exact) mass is 304 g/mol. The Balaban J connectivity index is 3.32. The third-order valence-electron chi connectivity index (χ3n) is 2.38. The summed E-state index contributed by atoms with van der Waals surface area (Å²) in [5.74, 6) is -0.558. The van der Waals surface area contributed by atoms with Crippen molar-refractivity contribution in [2.24, 2.45) is 5.14 Å². The van der Waals surface area contributed by atoms with Gasteiger partial charge in [-0.2, -0.15) is 0 Å². The van der Waals surface area contributed by atoms with E-state index in [0.717, 1.165) is 18.9 Å². The summed E-state index contributed by atoms with van der Waals surface area (Å²) >= 11 is 1.27. The Hall–Kier alpha value is -1.25. The zero-order valence-corrected chi connectivity index (χ0v) is 12.1. The highest BCUT2D eigenvalue weighted by atomic mass is 32.2. The second-order valence-electron chi connectivity index (χ2n) is 3.94. The molecule has 0 amide bonds. The van der Waals surface area contributed by atoms with Gasteiger partial charge in [-0.05, 0) is 24.3 Å². The van der Waals surface area contributed by atoms with Crippen LogP contribution in [-0.4, -0.2) is 25.2 Å². The predicted octanol–water partition coefficient (Wildman–Crippen LogP) is 1.51. The number of unbranched alkanes of at least 4 members (excludes halogenated alkanes) is 1. The molecule has 0 heterocycles. The van der Waals surface area contributed by atoms with E-state index in [1.165, 1.54) is 17.8 Å². The average Bonchev–Trinajstić information content (AvgIpc) is 2.29. The highest BCUT2D eigenvalue weighted by molar-refractivity contribution is 8.00. The molecule has 1 aromatic carbocycles. The smallest absolute Gasteiger partial charge is 0.335 e. The topological polar surface area (TPSA) is 123 Å². The van der Waals surface area contributed by atoms with Crippen molar-refractivity contribution in [1.82, 2.24) is 0 Å². The standard InChI is InChI=1S/C11H16N2O4S2/c1-2-3-4-18-10-8(12)5-7(11(14)15)6-9(10)19(13,16)17/h5-6H,2-4,12H2,1H3,(H,14,15)(H2,13,16,17). The molecule has 0 fully saturated rings. The van der Waals surface area contributed by atoms with Crippen LogP contribution >= 0.6 is 11.8 Å². The molecule has 0 saturated carbocycles. The quantitative estimate of drug-likeness (QED) is 0.416. The van der Waals surface area contributed by atoms with Gasteiger partial charge in [-0.3, -0.25) is 0 Å². The molecule has 0 aliphatic rings. The molecule has 0 aliphatic carbocycles. The number of hydrogen-bond donors (Lipinski definition) is 3. The highest BCUT2D eigenvalue weighted by Gasteiger charge is 2.20. The summed E-state index contributed by atoms with van der Waals surface area (Å²) in [6.07, 6.45) is 1.86. The molecule has 1 rings (SSSR count). The molecule has 0 atom stereocenters. The Labute approximate surface area is 116 Å². The summed E-state index contributed by atoms with van der Waals surface area (Å²) in [6.45, 7) is 2.01. The van der Waals surface area contributed by atoms with Crippen molar-refractivity contribution in [2.75, 3.05) is 11.5 Å². The van der Waals surface area contributed by atoms with Crippen molar-refractivity contribution in [3.63, 3.8) is 0 Å². The molecule has 0 radical (unpaired) electrons. The SMILES string of the molecule is CCCCSc1c(N)cc(C(=O)O)cc1S(N)(=O)=O. The van der Waals surface area contributed by atoms with Crippen LogP contribution in [0.15, 0.2) is 21.9 Å². The zero-order valence-electron chi connectivity index (χ0n) is 10.4. The molecule has 0 aliphatic heterocycles. The molecule has 1 aromatic rings. The zero-order chi connectivity index (χ0) is 14.6. The van der Waals surface area contributed by atoms with E-state index in [-0.39, 0.29) is 16.1 Å². The van der Waals surface area contributed by atoms with E-state index in [9.17, 15) is 13.2 Å². The maximum absolute atomic E-state index is 11.5. The first-order valence-electron chi connectivity index (χ1n) is 5.59. The molecule has 0 aromatic heterocycles. The van der Waals surface area contributed by atoms with Crippen LogP contribution in [0.3, 0.4) is 0 Å². The minimum atomic E-state index is -4.01. The Morgan fingerprint density at radius 2 is 2.05 bits per heavy atom. The van der Waals surface area contributed by atoms with Crippen LogP contribution in [0.1, 0.15) is 30.1 Å². The van der Waals surface area contributed by atoms with Crippen molar-refractivity contribution < 1.29 is 18.3 Å². The summed E-state index contributed by atoms with van der Waals surface area (Å²) in [6, 6.07) is 2.29. The summed E-state index contributed by atoms with van der Waals surface area (Å²) in [7, 11) is -4.01. The van der Waals surface area contributed by atoms with Crippen LogP contribution in [0.5, 0.6) is 0 Å². The Bertz CT molecular complexity index is 585. The molecular formula is C11H16N2O4S2. The molecule has 0 bridgehead atoms. The number of anilines is 1. The molecule has 8 heteroatoms. The van der Waals surface area contributed by atoms with Gasteiger partial charge in [0.2, 0.25) is 10.0 Å². The minimum Gasteiger partial charge on any atom is -0.478 e. The second-order valence-corrected chi connectivity index (χ2v) is 6.58. The molecular weight excluding hydrogens is 288 g/mol. The number of benzene rings is 1. The van der Waals surface area contributed by atoms with Crippen LogP contribution in [0, 0.1) is 0 Å². The summed E-state index contributed by atoms with van der Waals surface area (Å²) in [4.78, 5) is 11.0. The third kappa shape index (κ3) is 4.12. The van der Waals surface area contributed by atoms with Crippen LogP contribution in [0.25, 0.3) is 0 Å². The molecule has 6 nitrogen and oxygen atoms in total. The van der Waals surface area contributed by atoms with Crippen LogP contribution in [0.4, 0.5) is 5.69 Å². The van der Waals surface area contributed by atoms with Crippen molar-refractivity contribution in [3.05, 3.63) is 17.7 Å². The number of hydrogen-bond acceptors (Lipinski definition) is 5. The third-order valence-corrected chi connectivity index (χ3v) is 4.68. The van der Waals surface area contributed by atoms with E-state index >= 15 is 0 Å². The van der Waals surface area contributed by atoms with Crippen LogP contribution in [0.2, 0.25) is 0 Å². The molecule has 0 unspecified atom stereocenters. The number of carbonyl (C=O) groups is 1. The average molecular weight is 304 g/mol. The Morgan fingerprint density at radius 1 is 1.42 bits per heavy atom. The summed E-state index contributed by atoms with van der Waals surface area (Å²) in [5.41, 5.74) is 5.66. The number of carboxylic acid groups (broad SMARTS) is 1. The molecule has 5 N–H and O–H groups in total. The fourth-order valence-corrected chi connectivity index (χ4v) is 3.69. The van der Waals surface area contributed by atoms with E-state index in [1.807, 2.05) is 6.92 Å². The number of nitrogen functional groups attached to an aromatic ring is 1. The van der Waals surface area contributed by atoms with Crippen molar-refractivity contribution in [3.8, 4) is 0 Å². The first kappa shape index (κ1) is 15.8. The largest absolute Gasteiger partial charge is 0.478 e. The van der Waals surface area contributed by atoms with Crippen LogP contribution < -0.4 is 10.9 Å².